The zero-order valence-electron chi connectivity index (χ0n) is 12.3. The van der Waals surface area contributed by atoms with Gasteiger partial charge in [-0.3, -0.25) is 0 Å². The number of halogens is 1. The van der Waals surface area contributed by atoms with Gasteiger partial charge in [-0.1, -0.05) is 44.2 Å². The highest BCUT2D eigenvalue weighted by Crippen LogP contribution is 2.40. The van der Waals surface area contributed by atoms with E-state index in [-0.39, 0.29) is 18.0 Å². The molecule has 0 fully saturated rings. The van der Waals surface area contributed by atoms with Gasteiger partial charge in [0.1, 0.15) is 17.7 Å². The van der Waals surface area contributed by atoms with Crippen LogP contribution in [0.1, 0.15) is 55.0 Å². The van der Waals surface area contributed by atoms with E-state index >= 15 is 0 Å². The van der Waals surface area contributed by atoms with E-state index in [9.17, 15) is 4.39 Å². The lowest BCUT2D eigenvalue weighted by atomic mass is 9.92. The van der Waals surface area contributed by atoms with Crippen molar-refractivity contribution in [2.24, 2.45) is 5.73 Å². The largest absolute Gasteiger partial charge is 0.485 e. The second-order valence-electron chi connectivity index (χ2n) is 5.95. The third-order valence-electron chi connectivity index (χ3n) is 4.09. The first kappa shape index (κ1) is 14.1. The molecule has 0 aliphatic carbocycles. The van der Waals surface area contributed by atoms with Gasteiger partial charge in [0.15, 0.2) is 0 Å². The average molecular weight is 285 g/mol. The maximum absolute atomic E-state index is 13.4. The molecule has 0 saturated carbocycles. The van der Waals surface area contributed by atoms with Crippen molar-refractivity contribution in [1.29, 1.82) is 0 Å². The van der Waals surface area contributed by atoms with Crippen LogP contribution in [0.15, 0.2) is 42.5 Å². The van der Waals surface area contributed by atoms with Crippen molar-refractivity contribution in [1.82, 2.24) is 0 Å². The molecule has 2 aromatic carbocycles. The van der Waals surface area contributed by atoms with E-state index in [1.165, 1.54) is 17.7 Å². The molecule has 0 amide bonds. The molecular formula is C18H20FNO. The first-order valence-corrected chi connectivity index (χ1v) is 7.36. The second-order valence-corrected chi connectivity index (χ2v) is 5.95. The first-order valence-electron chi connectivity index (χ1n) is 7.36. The van der Waals surface area contributed by atoms with Crippen LogP contribution in [0.25, 0.3) is 0 Å². The molecule has 0 radical (unpaired) electrons. The molecule has 2 atom stereocenters. The lowest BCUT2D eigenvalue weighted by Gasteiger charge is -2.30. The van der Waals surface area contributed by atoms with Crippen LogP contribution in [0.2, 0.25) is 0 Å². The summed E-state index contributed by atoms with van der Waals surface area (Å²) in [4.78, 5) is 0. The molecule has 0 spiro atoms. The van der Waals surface area contributed by atoms with Crippen molar-refractivity contribution in [3.63, 3.8) is 0 Å². The smallest absolute Gasteiger partial charge is 0.127 e. The summed E-state index contributed by atoms with van der Waals surface area (Å²) in [5, 5.41) is 0. The van der Waals surface area contributed by atoms with E-state index in [0.717, 1.165) is 11.1 Å². The van der Waals surface area contributed by atoms with Crippen molar-refractivity contribution in [2.45, 2.75) is 38.3 Å². The lowest BCUT2D eigenvalue weighted by Crippen LogP contribution is -2.24. The minimum Gasteiger partial charge on any atom is -0.485 e. The van der Waals surface area contributed by atoms with E-state index in [1.54, 1.807) is 6.07 Å². The SMILES string of the molecule is CC(C)c1ccc(C2C[C@@H](N)c3ccc(F)cc3O2)cc1. The van der Waals surface area contributed by atoms with Gasteiger partial charge in [-0.05, 0) is 23.1 Å². The Hall–Kier alpha value is -1.87. The van der Waals surface area contributed by atoms with Gasteiger partial charge < -0.3 is 10.5 Å². The third-order valence-corrected chi connectivity index (χ3v) is 4.09. The molecule has 0 aromatic heterocycles. The van der Waals surface area contributed by atoms with E-state index in [2.05, 4.69) is 38.1 Å². The summed E-state index contributed by atoms with van der Waals surface area (Å²) in [6.07, 6.45) is 0.593. The molecule has 0 saturated heterocycles. The van der Waals surface area contributed by atoms with Crippen LogP contribution in [0.3, 0.4) is 0 Å². The minimum atomic E-state index is -0.295. The van der Waals surface area contributed by atoms with Gasteiger partial charge in [0.05, 0.1) is 0 Å². The molecular weight excluding hydrogens is 265 g/mol. The maximum atomic E-state index is 13.4. The summed E-state index contributed by atoms with van der Waals surface area (Å²) >= 11 is 0. The van der Waals surface area contributed by atoms with Crippen LogP contribution in [0, 0.1) is 5.82 Å². The summed E-state index contributed by atoms with van der Waals surface area (Å²) in [7, 11) is 0. The number of benzene rings is 2. The van der Waals surface area contributed by atoms with Crippen LogP contribution in [-0.4, -0.2) is 0 Å². The Labute approximate surface area is 124 Å². The van der Waals surface area contributed by atoms with Gasteiger partial charge in [0, 0.05) is 24.1 Å². The number of rotatable bonds is 2. The van der Waals surface area contributed by atoms with E-state index < -0.39 is 0 Å². The Morgan fingerprint density at radius 2 is 1.86 bits per heavy atom. The predicted molar refractivity (Wildman–Crippen MR) is 81.8 cm³/mol. The standard InChI is InChI=1S/C18H20FNO/c1-11(2)12-3-5-13(6-4-12)17-10-16(20)15-8-7-14(19)9-18(15)21-17/h3-9,11,16-17H,10,20H2,1-2H3/t16-,17?/m1/s1. The average Bonchev–Trinajstić information content (AvgIpc) is 2.46. The van der Waals surface area contributed by atoms with Gasteiger partial charge in [0.25, 0.3) is 0 Å². The highest BCUT2D eigenvalue weighted by molar-refractivity contribution is 5.40. The highest BCUT2D eigenvalue weighted by Gasteiger charge is 2.27. The van der Waals surface area contributed by atoms with Crippen molar-refractivity contribution >= 4 is 0 Å². The lowest BCUT2D eigenvalue weighted by molar-refractivity contribution is 0.160. The fourth-order valence-electron chi connectivity index (χ4n) is 2.78. The zero-order valence-corrected chi connectivity index (χ0v) is 12.3. The third kappa shape index (κ3) is 2.79. The molecule has 1 aliphatic heterocycles. The summed E-state index contributed by atoms with van der Waals surface area (Å²) in [6.45, 7) is 4.34. The van der Waals surface area contributed by atoms with E-state index in [4.69, 9.17) is 10.5 Å². The van der Waals surface area contributed by atoms with Crippen LogP contribution in [0.5, 0.6) is 5.75 Å². The number of ether oxygens (including phenoxy) is 1. The number of hydrogen-bond acceptors (Lipinski definition) is 2. The molecule has 0 bridgehead atoms. The molecule has 2 nitrogen and oxygen atoms in total. The van der Waals surface area contributed by atoms with Crippen LogP contribution in [-0.2, 0) is 0 Å². The molecule has 3 heteroatoms. The molecule has 1 aliphatic rings. The van der Waals surface area contributed by atoms with Gasteiger partial charge in [-0.2, -0.15) is 0 Å². The van der Waals surface area contributed by atoms with E-state index in [0.29, 0.717) is 18.1 Å². The number of hydrogen-bond donors (Lipinski definition) is 1. The summed E-state index contributed by atoms with van der Waals surface area (Å²) in [5.41, 5.74) is 9.47. The van der Waals surface area contributed by atoms with Crippen molar-refractivity contribution in [2.75, 3.05) is 0 Å². The number of fused-ring (bicyclic) bond motifs is 1. The number of nitrogens with two attached hydrogens (primary N) is 1. The fraction of sp³-hybridized carbons (Fsp3) is 0.333. The molecule has 3 rings (SSSR count). The van der Waals surface area contributed by atoms with Crippen LogP contribution < -0.4 is 10.5 Å². The Balaban J connectivity index is 1.88. The van der Waals surface area contributed by atoms with Crippen molar-refractivity contribution in [3.05, 3.63) is 65.0 Å². The molecule has 110 valence electrons. The minimum absolute atomic E-state index is 0.115. The zero-order chi connectivity index (χ0) is 15.0. The monoisotopic (exact) mass is 285 g/mol. The summed E-state index contributed by atoms with van der Waals surface area (Å²) < 4.78 is 19.3. The Bertz CT molecular complexity index is 636. The van der Waals surface area contributed by atoms with Crippen LogP contribution in [0.4, 0.5) is 4.39 Å². The highest BCUT2D eigenvalue weighted by atomic mass is 19.1. The Morgan fingerprint density at radius 3 is 2.52 bits per heavy atom. The molecule has 2 aromatic rings. The second kappa shape index (κ2) is 5.49. The van der Waals surface area contributed by atoms with Gasteiger partial charge in [-0.25, -0.2) is 4.39 Å². The predicted octanol–water partition coefficient (Wildman–Crippen LogP) is 4.47. The molecule has 1 heterocycles. The Morgan fingerprint density at radius 1 is 1.14 bits per heavy atom. The fourth-order valence-corrected chi connectivity index (χ4v) is 2.78. The molecule has 21 heavy (non-hydrogen) atoms. The van der Waals surface area contributed by atoms with Gasteiger partial charge >= 0.3 is 0 Å². The topological polar surface area (TPSA) is 35.2 Å². The van der Waals surface area contributed by atoms with Gasteiger partial charge in [-0.15, -0.1) is 0 Å². The molecule has 1 unspecified atom stereocenters. The summed E-state index contributed by atoms with van der Waals surface area (Å²) in [6, 6.07) is 12.8. The Kier molecular flexibility index (Phi) is 3.68. The normalized spacial score (nSPS) is 21.0. The van der Waals surface area contributed by atoms with Gasteiger partial charge in [0.2, 0.25) is 0 Å². The molecule has 2 N–H and O–H groups in total. The summed E-state index contributed by atoms with van der Waals surface area (Å²) in [5.74, 6) is 0.770. The maximum Gasteiger partial charge on any atom is 0.127 e. The van der Waals surface area contributed by atoms with Crippen LogP contribution >= 0.6 is 0 Å². The van der Waals surface area contributed by atoms with Crippen molar-refractivity contribution in [3.8, 4) is 5.75 Å². The quantitative estimate of drug-likeness (QED) is 0.883. The van der Waals surface area contributed by atoms with Crippen molar-refractivity contribution < 1.29 is 9.13 Å². The first-order chi connectivity index (χ1) is 10.0. The van der Waals surface area contributed by atoms with E-state index in [1.807, 2.05) is 0 Å².